The zero-order chi connectivity index (χ0) is 20.1. The lowest BCUT2D eigenvalue weighted by Gasteiger charge is -2.10. The molecule has 146 valence electrons. The van der Waals surface area contributed by atoms with E-state index in [4.69, 9.17) is 4.74 Å². The minimum atomic E-state index is -0.736. The lowest BCUT2D eigenvalue weighted by atomic mass is 10.1. The second kappa shape index (κ2) is 8.33. The van der Waals surface area contributed by atoms with E-state index in [1.807, 2.05) is 0 Å². The van der Waals surface area contributed by atoms with Gasteiger partial charge >= 0.3 is 0 Å². The lowest BCUT2D eigenvalue weighted by molar-refractivity contribution is -0.384. The number of nitrogens with zero attached hydrogens (tertiary/aromatic N) is 1. The fourth-order valence-electron chi connectivity index (χ4n) is 2.33. The molecule has 1 fully saturated rings. The average Bonchev–Trinajstić information content (AvgIpc) is 3.49. The first kappa shape index (κ1) is 19.1. The van der Waals surface area contributed by atoms with Crippen LogP contribution >= 0.6 is 0 Å². The minimum absolute atomic E-state index is 0.00312. The molecular formula is C18H17FN4O5. The fraction of sp³-hybridized carbons (Fsp3) is 0.222. The van der Waals surface area contributed by atoms with Gasteiger partial charge in [-0.1, -0.05) is 12.1 Å². The van der Waals surface area contributed by atoms with Crippen molar-refractivity contribution in [2.24, 2.45) is 0 Å². The van der Waals surface area contributed by atoms with E-state index >= 15 is 0 Å². The van der Waals surface area contributed by atoms with Crippen LogP contribution < -0.4 is 20.9 Å². The van der Waals surface area contributed by atoms with E-state index in [-0.39, 0.29) is 23.0 Å². The quantitative estimate of drug-likeness (QED) is 0.493. The second-order valence-electron chi connectivity index (χ2n) is 6.13. The Morgan fingerprint density at radius 2 is 1.93 bits per heavy atom. The van der Waals surface area contributed by atoms with Crippen LogP contribution in [0.5, 0.6) is 5.75 Å². The molecule has 1 aliphatic carbocycles. The first-order valence-electron chi connectivity index (χ1n) is 8.45. The summed E-state index contributed by atoms with van der Waals surface area (Å²) in [5, 5.41) is 14.3. The SMILES string of the molecule is O=C(COc1ccccc1F)NNC(=O)c1ccc(NC2CC2)c([N+](=O)[O-])c1. The summed E-state index contributed by atoms with van der Waals surface area (Å²) in [7, 11) is 0. The summed E-state index contributed by atoms with van der Waals surface area (Å²) in [4.78, 5) is 34.5. The van der Waals surface area contributed by atoms with Gasteiger partial charge in [-0.05, 0) is 37.1 Å². The fourth-order valence-corrected chi connectivity index (χ4v) is 2.33. The van der Waals surface area contributed by atoms with E-state index in [0.29, 0.717) is 5.69 Å². The van der Waals surface area contributed by atoms with Crippen molar-refractivity contribution in [2.75, 3.05) is 11.9 Å². The van der Waals surface area contributed by atoms with Crippen molar-refractivity contribution in [2.45, 2.75) is 18.9 Å². The number of benzene rings is 2. The zero-order valence-corrected chi connectivity index (χ0v) is 14.6. The molecule has 2 aromatic rings. The zero-order valence-electron chi connectivity index (χ0n) is 14.6. The highest BCUT2D eigenvalue weighted by molar-refractivity contribution is 5.96. The maximum absolute atomic E-state index is 13.4. The number of carbonyl (C=O) groups is 2. The number of nitro benzene ring substituents is 1. The second-order valence-corrected chi connectivity index (χ2v) is 6.13. The Kier molecular flexibility index (Phi) is 5.68. The highest BCUT2D eigenvalue weighted by atomic mass is 19.1. The van der Waals surface area contributed by atoms with Crippen molar-refractivity contribution in [3.05, 3.63) is 64.0 Å². The van der Waals surface area contributed by atoms with E-state index in [1.165, 1.54) is 30.3 Å². The van der Waals surface area contributed by atoms with Gasteiger partial charge in [-0.15, -0.1) is 0 Å². The molecule has 28 heavy (non-hydrogen) atoms. The number of carbonyl (C=O) groups excluding carboxylic acids is 2. The van der Waals surface area contributed by atoms with Crippen molar-refractivity contribution in [3.63, 3.8) is 0 Å². The highest BCUT2D eigenvalue weighted by Gasteiger charge is 2.25. The molecule has 0 heterocycles. The third-order valence-corrected chi connectivity index (χ3v) is 3.90. The van der Waals surface area contributed by atoms with Crippen molar-refractivity contribution in [1.29, 1.82) is 0 Å². The van der Waals surface area contributed by atoms with E-state index < -0.39 is 29.2 Å². The Bertz CT molecular complexity index is 917. The third kappa shape index (κ3) is 4.93. The highest BCUT2D eigenvalue weighted by Crippen LogP contribution is 2.31. The summed E-state index contributed by atoms with van der Waals surface area (Å²) in [6, 6.07) is 9.78. The summed E-state index contributed by atoms with van der Waals surface area (Å²) < 4.78 is 18.4. The molecule has 3 rings (SSSR count). The molecule has 2 amide bonds. The molecule has 0 atom stereocenters. The van der Waals surface area contributed by atoms with Gasteiger partial charge in [-0.25, -0.2) is 4.39 Å². The third-order valence-electron chi connectivity index (χ3n) is 3.90. The van der Waals surface area contributed by atoms with Crippen LogP contribution in [-0.4, -0.2) is 29.4 Å². The maximum Gasteiger partial charge on any atom is 0.293 e. The van der Waals surface area contributed by atoms with Gasteiger partial charge in [-0.2, -0.15) is 0 Å². The predicted molar refractivity (Wildman–Crippen MR) is 97.2 cm³/mol. The lowest BCUT2D eigenvalue weighted by Crippen LogP contribution is -2.43. The van der Waals surface area contributed by atoms with Crippen LogP contribution in [0.4, 0.5) is 15.8 Å². The van der Waals surface area contributed by atoms with Crippen molar-refractivity contribution < 1.29 is 23.6 Å². The van der Waals surface area contributed by atoms with Gasteiger partial charge in [0.2, 0.25) is 0 Å². The van der Waals surface area contributed by atoms with E-state index in [2.05, 4.69) is 16.2 Å². The van der Waals surface area contributed by atoms with Crippen LogP contribution in [0.1, 0.15) is 23.2 Å². The van der Waals surface area contributed by atoms with Crippen molar-refractivity contribution in [1.82, 2.24) is 10.9 Å². The Balaban J connectivity index is 1.55. The number of amides is 2. The monoisotopic (exact) mass is 388 g/mol. The summed E-state index contributed by atoms with van der Waals surface area (Å²) in [5.74, 6) is -2.18. The molecular weight excluding hydrogens is 371 g/mol. The molecule has 0 spiro atoms. The number of rotatable bonds is 7. The molecule has 3 N–H and O–H groups in total. The van der Waals surface area contributed by atoms with Crippen LogP contribution in [0, 0.1) is 15.9 Å². The molecule has 0 aliphatic heterocycles. The summed E-state index contributed by atoms with van der Waals surface area (Å²) in [6.07, 6.45) is 1.89. The van der Waals surface area contributed by atoms with Gasteiger partial charge in [0, 0.05) is 17.7 Å². The summed E-state index contributed by atoms with van der Waals surface area (Å²) >= 11 is 0. The smallest absolute Gasteiger partial charge is 0.293 e. The van der Waals surface area contributed by atoms with Crippen molar-refractivity contribution >= 4 is 23.2 Å². The van der Waals surface area contributed by atoms with Crippen LogP contribution in [0.25, 0.3) is 0 Å². The Morgan fingerprint density at radius 3 is 2.61 bits per heavy atom. The molecule has 0 bridgehead atoms. The van der Waals surface area contributed by atoms with E-state index in [9.17, 15) is 24.1 Å². The van der Waals surface area contributed by atoms with E-state index in [0.717, 1.165) is 18.9 Å². The topological polar surface area (TPSA) is 123 Å². The average molecular weight is 388 g/mol. The van der Waals surface area contributed by atoms with Gasteiger partial charge < -0.3 is 10.1 Å². The number of anilines is 1. The van der Waals surface area contributed by atoms with Crippen LogP contribution in [0.3, 0.4) is 0 Å². The maximum atomic E-state index is 13.4. The molecule has 0 saturated heterocycles. The van der Waals surface area contributed by atoms with Crippen LogP contribution in [0.2, 0.25) is 0 Å². The number of hydrogen-bond donors (Lipinski definition) is 3. The molecule has 0 unspecified atom stereocenters. The van der Waals surface area contributed by atoms with Gasteiger partial charge in [0.25, 0.3) is 17.5 Å². The standard InChI is InChI=1S/C18H17FN4O5/c19-13-3-1-2-4-16(13)28-10-17(24)21-22-18(25)11-5-8-14(20-12-6-7-12)15(9-11)23(26)27/h1-5,8-9,12,20H,6-7,10H2,(H,21,24)(H,22,25). The number of nitro groups is 1. The van der Waals surface area contributed by atoms with E-state index in [1.54, 1.807) is 6.07 Å². The van der Waals surface area contributed by atoms with Crippen LogP contribution in [-0.2, 0) is 4.79 Å². The molecule has 9 nitrogen and oxygen atoms in total. The summed E-state index contributed by atoms with van der Waals surface area (Å²) in [5.41, 5.74) is 4.35. The normalized spacial score (nSPS) is 12.8. The molecule has 10 heteroatoms. The molecule has 2 aromatic carbocycles. The first-order valence-corrected chi connectivity index (χ1v) is 8.45. The number of halogens is 1. The molecule has 1 aliphatic rings. The minimum Gasteiger partial charge on any atom is -0.481 e. The number of ether oxygens (including phenoxy) is 1. The predicted octanol–water partition coefficient (Wildman–Crippen LogP) is 2.15. The summed E-state index contributed by atoms with van der Waals surface area (Å²) in [6.45, 7) is -0.522. The van der Waals surface area contributed by atoms with Crippen molar-refractivity contribution in [3.8, 4) is 5.75 Å². The molecule has 0 aromatic heterocycles. The first-order chi connectivity index (χ1) is 13.4. The van der Waals surface area contributed by atoms with Gasteiger partial charge in [0.15, 0.2) is 18.2 Å². The number of hydrazine groups is 1. The Morgan fingerprint density at radius 1 is 1.18 bits per heavy atom. The van der Waals surface area contributed by atoms with Gasteiger partial charge in [0.1, 0.15) is 5.69 Å². The molecule has 1 saturated carbocycles. The van der Waals surface area contributed by atoms with Crippen LogP contribution in [0.15, 0.2) is 42.5 Å². The number of nitrogens with one attached hydrogen (secondary N) is 3. The molecule has 0 radical (unpaired) electrons. The van der Waals surface area contributed by atoms with Gasteiger partial charge in [-0.3, -0.25) is 30.6 Å². The number of para-hydroxylation sites is 1. The largest absolute Gasteiger partial charge is 0.481 e. The number of hydrogen-bond acceptors (Lipinski definition) is 6. The Hall–Kier alpha value is -3.69. The van der Waals surface area contributed by atoms with Gasteiger partial charge in [0.05, 0.1) is 4.92 Å². The Labute approximate surface area is 159 Å².